The molecule has 2 unspecified atom stereocenters. The summed E-state index contributed by atoms with van der Waals surface area (Å²) >= 11 is 0. The number of ketones is 1. The van der Waals surface area contributed by atoms with Crippen molar-refractivity contribution in [1.29, 1.82) is 0 Å². The van der Waals surface area contributed by atoms with Gasteiger partial charge in [0.05, 0.1) is 7.11 Å². The minimum Gasteiger partial charge on any atom is -0.496 e. The molecule has 0 bridgehead atoms. The standard InChI is InChI=1S/C28H33O2P/c1-6-16-28(4,31-27-15-12-20(2)17-24(27)21(3)29)25-19-23(13-14-26(25)30-5)18-22-10-8-7-9-11-22/h7-15,17,19,31H,6,16,18H2,1-5H3. The maximum Gasteiger partial charge on any atom is 0.160 e. The van der Waals surface area contributed by atoms with E-state index in [0.29, 0.717) is 8.58 Å². The van der Waals surface area contributed by atoms with E-state index >= 15 is 0 Å². The topological polar surface area (TPSA) is 26.3 Å². The predicted molar refractivity (Wildman–Crippen MR) is 134 cm³/mol. The summed E-state index contributed by atoms with van der Waals surface area (Å²) in [4.78, 5) is 12.4. The van der Waals surface area contributed by atoms with Crippen LogP contribution in [0.25, 0.3) is 0 Å². The van der Waals surface area contributed by atoms with Gasteiger partial charge in [0.2, 0.25) is 0 Å². The molecule has 0 N–H and O–H groups in total. The summed E-state index contributed by atoms with van der Waals surface area (Å²) in [6.07, 6.45) is 2.99. The zero-order chi connectivity index (χ0) is 22.4. The van der Waals surface area contributed by atoms with E-state index in [9.17, 15) is 4.79 Å². The molecule has 0 aliphatic carbocycles. The number of Topliss-reactive ketones (excluding diaryl/α,β-unsaturated/α-hetero) is 1. The van der Waals surface area contributed by atoms with Crippen LogP contribution in [0.2, 0.25) is 0 Å². The minimum atomic E-state index is -0.105. The van der Waals surface area contributed by atoms with E-state index in [2.05, 4.69) is 74.5 Å². The van der Waals surface area contributed by atoms with Gasteiger partial charge in [-0.15, -0.1) is 0 Å². The minimum absolute atomic E-state index is 0.105. The van der Waals surface area contributed by atoms with Gasteiger partial charge in [-0.2, -0.15) is 0 Å². The summed E-state index contributed by atoms with van der Waals surface area (Å²) in [7, 11) is 2.23. The van der Waals surface area contributed by atoms with E-state index in [4.69, 9.17) is 4.74 Å². The summed E-state index contributed by atoms with van der Waals surface area (Å²) in [5.74, 6) is 1.06. The van der Waals surface area contributed by atoms with Gasteiger partial charge in [-0.25, -0.2) is 0 Å². The maximum atomic E-state index is 12.4. The van der Waals surface area contributed by atoms with Crippen LogP contribution in [0.5, 0.6) is 5.75 Å². The molecule has 0 fully saturated rings. The summed E-state index contributed by atoms with van der Waals surface area (Å²) < 4.78 is 5.82. The van der Waals surface area contributed by atoms with E-state index in [1.165, 1.54) is 16.7 Å². The van der Waals surface area contributed by atoms with E-state index in [-0.39, 0.29) is 10.9 Å². The highest BCUT2D eigenvalue weighted by Crippen LogP contribution is 2.48. The molecule has 0 amide bonds. The fourth-order valence-corrected chi connectivity index (χ4v) is 6.10. The molecule has 0 radical (unpaired) electrons. The smallest absolute Gasteiger partial charge is 0.160 e. The highest BCUT2D eigenvalue weighted by atomic mass is 31.1. The molecular formula is C28H33O2P. The van der Waals surface area contributed by atoms with Gasteiger partial charge in [-0.3, -0.25) is 4.79 Å². The van der Waals surface area contributed by atoms with Crippen molar-refractivity contribution >= 4 is 19.7 Å². The third kappa shape index (κ3) is 5.63. The Morgan fingerprint density at radius 1 is 1.00 bits per heavy atom. The summed E-state index contributed by atoms with van der Waals surface area (Å²) in [6, 6.07) is 23.4. The first-order chi connectivity index (χ1) is 14.9. The number of ether oxygens (including phenoxy) is 1. The number of benzene rings is 3. The van der Waals surface area contributed by atoms with Crippen LogP contribution in [0.15, 0.2) is 66.7 Å². The molecule has 162 valence electrons. The first-order valence-electron chi connectivity index (χ1n) is 11.0. The zero-order valence-electron chi connectivity index (χ0n) is 19.3. The predicted octanol–water partition coefficient (Wildman–Crippen LogP) is 6.82. The lowest BCUT2D eigenvalue weighted by Gasteiger charge is -2.33. The van der Waals surface area contributed by atoms with Crippen molar-refractivity contribution < 1.29 is 9.53 Å². The largest absolute Gasteiger partial charge is 0.496 e. The second kappa shape index (κ2) is 10.2. The Morgan fingerprint density at radius 3 is 2.39 bits per heavy atom. The van der Waals surface area contributed by atoms with Gasteiger partial charge in [-0.1, -0.05) is 89.0 Å². The van der Waals surface area contributed by atoms with Gasteiger partial charge in [0.15, 0.2) is 5.78 Å². The third-order valence-corrected chi connectivity index (χ3v) is 7.60. The maximum absolute atomic E-state index is 12.4. The van der Waals surface area contributed by atoms with Crippen LogP contribution in [0, 0.1) is 6.92 Å². The molecule has 0 aliphatic rings. The van der Waals surface area contributed by atoms with Gasteiger partial charge in [0, 0.05) is 16.3 Å². The summed E-state index contributed by atoms with van der Waals surface area (Å²) in [5, 5.41) is 1.04. The molecule has 2 atom stereocenters. The van der Waals surface area contributed by atoms with Crippen LogP contribution in [-0.4, -0.2) is 12.9 Å². The van der Waals surface area contributed by atoms with Crippen molar-refractivity contribution in [2.75, 3.05) is 7.11 Å². The quantitative estimate of drug-likeness (QED) is 0.274. The number of carbonyl (C=O) groups excluding carboxylic acids is 1. The Balaban J connectivity index is 2.05. The van der Waals surface area contributed by atoms with E-state index < -0.39 is 0 Å². The molecule has 0 spiro atoms. The van der Waals surface area contributed by atoms with Gasteiger partial charge in [0.1, 0.15) is 5.75 Å². The van der Waals surface area contributed by atoms with E-state index in [1.54, 1.807) is 14.0 Å². The fraction of sp³-hybridized carbons (Fsp3) is 0.321. The molecule has 0 heterocycles. The van der Waals surface area contributed by atoms with E-state index in [0.717, 1.165) is 41.4 Å². The number of hydrogen-bond donors (Lipinski definition) is 0. The monoisotopic (exact) mass is 432 g/mol. The molecule has 31 heavy (non-hydrogen) atoms. The zero-order valence-corrected chi connectivity index (χ0v) is 20.3. The van der Waals surface area contributed by atoms with Crippen LogP contribution in [0.1, 0.15) is 66.2 Å². The molecule has 3 aromatic rings. The molecule has 3 aromatic carbocycles. The fourth-order valence-electron chi connectivity index (χ4n) is 4.25. The van der Waals surface area contributed by atoms with Crippen LogP contribution in [0.4, 0.5) is 0 Å². The molecule has 0 aromatic heterocycles. The van der Waals surface area contributed by atoms with Gasteiger partial charge >= 0.3 is 0 Å². The highest BCUT2D eigenvalue weighted by molar-refractivity contribution is 7.48. The Bertz CT molecular complexity index is 1040. The lowest BCUT2D eigenvalue weighted by atomic mass is 9.91. The Labute approximate surface area is 188 Å². The van der Waals surface area contributed by atoms with Crippen molar-refractivity contribution in [2.24, 2.45) is 0 Å². The van der Waals surface area contributed by atoms with E-state index in [1.807, 2.05) is 13.0 Å². The number of methoxy groups -OCH3 is 1. The van der Waals surface area contributed by atoms with Crippen LogP contribution >= 0.6 is 8.58 Å². The Hall–Kier alpha value is -2.44. The number of aryl methyl sites for hydroxylation is 1. The second-order valence-electron chi connectivity index (χ2n) is 8.51. The lowest BCUT2D eigenvalue weighted by Crippen LogP contribution is -2.23. The lowest BCUT2D eigenvalue weighted by molar-refractivity contribution is 0.101. The van der Waals surface area contributed by atoms with Crippen molar-refractivity contribution in [3.8, 4) is 5.75 Å². The van der Waals surface area contributed by atoms with Gasteiger partial charge < -0.3 is 4.74 Å². The highest BCUT2D eigenvalue weighted by Gasteiger charge is 2.31. The van der Waals surface area contributed by atoms with Crippen molar-refractivity contribution in [3.63, 3.8) is 0 Å². The summed E-state index contributed by atoms with van der Waals surface area (Å²) in [6.45, 7) is 8.26. The number of carbonyl (C=O) groups is 1. The Kier molecular flexibility index (Phi) is 7.68. The van der Waals surface area contributed by atoms with Crippen LogP contribution < -0.4 is 10.0 Å². The summed E-state index contributed by atoms with van der Waals surface area (Å²) in [5.41, 5.74) is 5.79. The molecule has 3 heteroatoms. The molecular weight excluding hydrogens is 399 g/mol. The van der Waals surface area contributed by atoms with Gasteiger partial charge in [0.25, 0.3) is 0 Å². The molecule has 0 saturated heterocycles. The van der Waals surface area contributed by atoms with Crippen molar-refractivity contribution in [2.45, 2.75) is 52.1 Å². The SMILES string of the molecule is CCCC(C)(Pc1ccc(C)cc1C(C)=O)c1cc(Cc2ccccc2)ccc1OC. The molecule has 2 nitrogen and oxygen atoms in total. The average Bonchev–Trinajstić information content (AvgIpc) is 2.76. The second-order valence-corrected chi connectivity index (χ2v) is 10.4. The molecule has 3 rings (SSSR count). The molecule has 0 saturated carbocycles. The number of rotatable bonds is 9. The third-order valence-electron chi connectivity index (χ3n) is 5.82. The van der Waals surface area contributed by atoms with Crippen LogP contribution in [0.3, 0.4) is 0 Å². The Morgan fingerprint density at radius 2 is 1.74 bits per heavy atom. The molecule has 0 aliphatic heterocycles. The average molecular weight is 433 g/mol. The first-order valence-corrected chi connectivity index (χ1v) is 12.0. The van der Waals surface area contributed by atoms with Gasteiger partial charge in [-0.05, 0) is 55.3 Å². The van der Waals surface area contributed by atoms with Crippen LogP contribution in [-0.2, 0) is 11.6 Å². The van der Waals surface area contributed by atoms with Crippen molar-refractivity contribution in [3.05, 3.63) is 94.5 Å². The normalized spacial score (nSPS) is 13.3. The van der Waals surface area contributed by atoms with Crippen molar-refractivity contribution in [1.82, 2.24) is 0 Å². The number of hydrogen-bond acceptors (Lipinski definition) is 2. The first kappa shape index (κ1) is 23.2.